The molecule has 0 atom stereocenters. The molecule has 2 aromatic rings. The maximum Gasteiger partial charge on any atom is 0.344 e. The first-order valence-corrected chi connectivity index (χ1v) is 10.9. The number of anilines is 1. The Kier molecular flexibility index (Phi) is 7.69. The highest BCUT2D eigenvalue weighted by molar-refractivity contribution is 14.1. The van der Waals surface area contributed by atoms with Crippen LogP contribution < -0.4 is 14.5 Å². The van der Waals surface area contributed by atoms with E-state index in [0.717, 1.165) is 0 Å². The number of halogens is 1. The first-order valence-electron chi connectivity index (χ1n) is 9.86. The summed E-state index contributed by atoms with van der Waals surface area (Å²) in [6.45, 7) is 3.42. The third-order valence-corrected chi connectivity index (χ3v) is 5.40. The van der Waals surface area contributed by atoms with Gasteiger partial charge in [-0.1, -0.05) is 6.07 Å². The number of carbonyl (C=O) groups is 3. The Morgan fingerprint density at radius 3 is 2.67 bits per heavy atom. The van der Waals surface area contributed by atoms with E-state index in [1.807, 2.05) is 0 Å². The Balaban J connectivity index is 1.88. The molecule has 0 fully saturated rings. The van der Waals surface area contributed by atoms with Crippen LogP contribution in [0.4, 0.5) is 5.69 Å². The van der Waals surface area contributed by atoms with Crippen molar-refractivity contribution < 1.29 is 33.7 Å². The third kappa shape index (κ3) is 5.51. The molecule has 2 aromatic carbocycles. The number of hydrogen-bond acceptors (Lipinski definition) is 7. The van der Waals surface area contributed by atoms with E-state index < -0.39 is 11.9 Å². The molecule has 1 N–H and O–H groups in total. The number of aromatic carboxylic acids is 1. The number of carboxylic acid groups (broad SMARTS) is 1. The average molecular weight is 564 g/mol. The summed E-state index contributed by atoms with van der Waals surface area (Å²) >= 11 is 2.06. The number of methoxy groups -OCH3 is 1. The lowest BCUT2D eigenvalue weighted by molar-refractivity contribution is -0.145. The summed E-state index contributed by atoms with van der Waals surface area (Å²) in [5.41, 5.74) is 1.92. The normalized spacial score (nSPS) is 14.3. The second-order valence-corrected chi connectivity index (χ2v) is 8.01. The Morgan fingerprint density at radius 2 is 2.00 bits per heavy atom. The number of nitrogens with zero attached hydrogens (tertiary/aromatic N) is 2. The first kappa shape index (κ1) is 24.2. The quantitative estimate of drug-likeness (QED) is 0.295. The molecule has 0 aromatic heterocycles. The van der Waals surface area contributed by atoms with Crippen LogP contribution >= 0.6 is 22.6 Å². The number of hydrazone groups is 1. The topological polar surface area (TPSA) is 115 Å². The van der Waals surface area contributed by atoms with Gasteiger partial charge < -0.3 is 19.3 Å². The molecule has 33 heavy (non-hydrogen) atoms. The van der Waals surface area contributed by atoms with E-state index in [9.17, 15) is 19.5 Å². The number of amides is 1. The van der Waals surface area contributed by atoms with Gasteiger partial charge in [-0.05, 0) is 78.4 Å². The average Bonchev–Trinajstić information content (AvgIpc) is 3.06. The molecule has 0 saturated carbocycles. The summed E-state index contributed by atoms with van der Waals surface area (Å²) in [4.78, 5) is 35.9. The molecule has 0 radical (unpaired) electrons. The second kappa shape index (κ2) is 10.5. The zero-order valence-electron chi connectivity index (χ0n) is 18.1. The highest BCUT2D eigenvalue weighted by Crippen LogP contribution is 2.35. The molecule has 0 unspecified atom stereocenters. The SMILES string of the molecule is CCOC(=O)COc1c(I)cc(C=C2C(=O)N(c3cccc(C(=O)O)c3)N=C2C)cc1OC. The molecule has 1 amide bonds. The molecular formula is C23H21IN2O7. The zero-order chi connectivity index (χ0) is 24.1. The van der Waals surface area contributed by atoms with E-state index in [0.29, 0.717) is 37.6 Å². The first-order chi connectivity index (χ1) is 15.7. The van der Waals surface area contributed by atoms with Gasteiger partial charge in [0.05, 0.1) is 39.8 Å². The fourth-order valence-corrected chi connectivity index (χ4v) is 3.87. The molecule has 1 aliphatic rings. The Labute approximate surface area is 203 Å². The molecule has 0 aliphatic carbocycles. The van der Waals surface area contributed by atoms with E-state index >= 15 is 0 Å². The van der Waals surface area contributed by atoms with Crippen LogP contribution in [0, 0.1) is 3.57 Å². The minimum absolute atomic E-state index is 0.0586. The summed E-state index contributed by atoms with van der Waals surface area (Å²) in [6.07, 6.45) is 1.67. The van der Waals surface area contributed by atoms with Crippen LogP contribution in [0.3, 0.4) is 0 Å². The monoisotopic (exact) mass is 564 g/mol. The van der Waals surface area contributed by atoms with E-state index in [1.165, 1.54) is 24.3 Å². The fraction of sp³-hybridized carbons (Fsp3) is 0.217. The fourth-order valence-electron chi connectivity index (χ4n) is 3.09. The number of esters is 1. The molecular weight excluding hydrogens is 543 g/mol. The van der Waals surface area contributed by atoms with Gasteiger partial charge in [0, 0.05) is 0 Å². The molecule has 172 valence electrons. The Bertz CT molecular complexity index is 1170. The number of ether oxygens (including phenoxy) is 3. The van der Waals surface area contributed by atoms with Crippen molar-refractivity contribution in [3.05, 3.63) is 56.7 Å². The van der Waals surface area contributed by atoms with Crippen LogP contribution in [0.25, 0.3) is 6.08 Å². The van der Waals surface area contributed by atoms with Crippen molar-refractivity contribution in [1.82, 2.24) is 0 Å². The predicted octanol–water partition coefficient (Wildman–Crippen LogP) is 3.75. The number of carboxylic acids is 1. The minimum atomic E-state index is -1.09. The molecule has 0 bridgehead atoms. The third-order valence-electron chi connectivity index (χ3n) is 4.60. The lowest BCUT2D eigenvalue weighted by Crippen LogP contribution is -2.21. The number of benzene rings is 2. The van der Waals surface area contributed by atoms with E-state index in [4.69, 9.17) is 14.2 Å². The molecule has 1 heterocycles. The van der Waals surface area contributed by atoms with Gasteiger partial charge >= 0.3 is 11.9 Å². The number of carbonyl (C=O) groups excluding carboxylic acids is 2. The molecule has 0 saturated heterocycles. The van der Waals surface area contributed by atoms with Crippen molar-refractivity contribution >= 4 is 57.9 Å². The van der Waals surface area contributed by atoms with E-state index in [2.05, 4.69) is 27.7 Å². The maximum absolute atomic E-state index is 13.0. The molecule has 0 spiro atoms. The van der Waals surface area contributed by atoms with Crippen molar-refractivity contribution in [1.29, 1.82) is 0 Å². The predicted molar refractivity (Wildman–Crippen MR) is 130 cm³/mol. The van der Waals surface area contributed by atoms with Crippen molar-refractivity contribution in [3.8, 4) is 11.5 Å². The van der Waals surface area contributed by atoms with Crippen LogP contribution in [-0.4, -0.2) is 49.0 Å². The summed E-state index contributed by atoms with van der Waals surface area (Å²) in [5, 5.41) is 14.7. The number of rotatable bonds is 8. The van der Waals surface area contributed by atoms with E-state index in [1.54, 1.807) is 44.2 Å². The van der Waals surface area contributed by atoms with Gasteiger partial charge in [0.15, 0.2) is 18.1 Å². The van der Waals surface area contributed by atoms with Gasteiger partial charge in [0.1, 0.15) is 0 Å². The van der Waals surface area contributed by atoms with Crippen LogP contribution in [0.5, 0.6) is 11.5 Å². The largest absolute Gasteiger partial charge is 0.493 e. The van der Waals surface area contributed by atoms with Crippen LogP contribution in [0.15, 0.2) is 47.1 Å². The summed E-state index contributed by atoms with van der Waals surface area (Å²) in [5.74, 6) is -1.18. The van der Waals surface area contributed by atoms with Crippen LogP contribution in [-0.2, 0) is 14.3 Å². The van der Waals surface area contributed by atoms with Crippen molar-refractivity contribution in [3.63, 3.8) is 0 Å². The smallest absolute Gasteiger partial charge is 0.344 e. The Morgan fingerprint density at radius 1 is 1.24 bits per heavy atom. The highest BCUT2D eigenvalue weighted by Gasteiger charge is 2.29. The van der Waals surface area contributed by atoms with Crippen LogP contribution in [0.1, 0.15) is 29.8 Å². The summed E-state index contributed by atoms with van der Waals surface area (Å²) < 4.78 is 16.5. The summed E-state index contributed by atoms with van der Waals surface area (Å²) in [6, 6.07) is 9.47. The van der Waals surface area contributed by atoms with Gasteiger partial charge in [-0.15, -0.1) is 0 Å². The van der Waals surface area contributed by atoms with Crippen molar-refractivity contribution in [2.45, 2.75) is 13.8 Å². The molecule has 3 rings (SSSR count). The van der Waals surface area contributed by atoms with Gasteiger partial charge in [-0.3, -0.25) is 4.79 Å². The summed E-state index contributed by atoms with van der Waals surface area (Å²) in [7, 11) is 1.48. The van der Waals surface area contributed by atoms with Crippen LogP contribution in [0.2, 0.25) is 0 Å². The Hall–Kier alpha value is -3.41. The zero-order valence-corrected chi connectivity index (χ0v) is 20.3. The lowest BCUT2D eigenvalue weighted by atomic mass is 10.1. The standard InChI is InChI=1S/C23H21IN2O7/c1-4-32-20(27)12-33-21-18(24)9-14(10-19(21)31-3)8-17-13(2)25-26(22(17)28)16-7-5-6-15(11-16)23(29)30/h5-11H,4,12H2,1-3H3,(H,29,30). The lowest BCUT2D eigenvalue weighted by Gasteiger charge is -2.14. The molecule has 1 aliphatic heterocycles. The second-order valence-electron chi connectivity index (χ2n) is 6.84. The highest BCUT2D eigenvalue weighted by atomic mass is 127. The van der Waals surface area contributed by atoms with Crippen molar-refractivity contribution in [2.24, 2.45) is 5.10 Å². The minimum Gasteiger partial charge on any atom is -0.493 e. The van der Waals surface area contributed by atoms with Gasteiger partial charge in [-0.25, -0.2) is 9.59 Å². The maximum atomic E-state index is 13.0. The molecule has 9 nitrogen and oxygen atoms in total. The van der Waals surface area contributed by atoms with Gasteiger partial charge in [0.25, 0.3) is 5.91 Å². The van der Waals surface area contributed by atoms with Gasteiger partial charge in [-0.2, -0.15) is 10.1 Å². The molecule has 10 heteroatoms. The van der Waals surface area contributed by atoms with Gasteiger partial charge in [0.2, 0.25) is 0 Å². The number of hydrogen-bond donors (Lipinski definition) is 1. The van der Waals surface area contributed by atoms with E-state index in [-0.39, 0.29) is 24.7 Å². The van der Waals surface area contributed by atoms with Crippen molar-refractivity contribution in [2.75, 3.05) is 25.3 Å².